The van der Waals surface area contributed by atoms with Gasteiger partial charge >= 0.3 is 5.97 Å². The van der Waals surface area contributed by atoms with Crippen LogP contribution in [0.15, 0.2) is 17.0 Å². The molecule has 2 N–H and O–H groups in total. The van der Waals surface area contributed by atoms with E-state index in [-0.39, 0.29) is 17.9 Å². The van der Waals surface area contributed by atoms with Crippen LogP contribution in [0.3, 0.4) is 0 Å². The van der Waals surface area contributed by atoms with Crippen LogP contribution >= 0.6 is 11.8 Å². The minimum Gasteiger partial charge on any atom is -0.507 e. The topological polar surface area (TPSA) is 66.8 Å². The molecule has 0 spiro atoms. The number of ether oxygens (including phenoxy) is 1. The van der Waals surface area contributed by atoms with Crippen molar-refractivity contribution < 1.29 is 19.7 Å². The lowest BCUT2D eigenvalue weighted by molar-refractivity contribution is -0.153. The molecule has 0 saturated carbocycles. The first-order valence-electron chi connectivity index (χ1n) is 5.24. The molecular formula is C12H16O4S. The molecule has 4 nitrogen and oxygen atoms in total. The Morgan fingerprint density at radius 1 is 1.53 bits per heavy atom. The summed E-state index contributed by atoms with van der Waals surface area (Å²) in [6.07, 6.45) is 0.364. The molecule has 0 heterocycles. The number of aliphatic hydroxyl groups is 1. The number of benzene rings is 1. The second-order valence-electron chi connectivity index (χ2n) is 3.50. The Bertz CT molecular complexity index is 417. The van der Waals surface area contributed by atoms with Gasteiger partial charge in [0.2, 0.25) is 0 Å². The Morgan fingerprint density at radius 2 is 2.18 bits per heavy atom. The number of hydrogen-bond donors (Lipinski definition) is 2. The number of rotatable bonds is 4. The monoisotopic (exact) mass is 256 g/mol. The van der Waals surface area contributed by atoms with Gasteiger partial charge in [-0.25, -0.2) is 4.79 Å². The van der Waals surface area contributed by atoms with Crippen molar-refractivity contribution in [1.29, 1.82) is 0 Å². The predicted octanol–water partition coefficient (Wildman–Crippen LogP) is 2.02. The molecule has 0 saturated heterocycles. The Balaban J connectivity index is 3.19. The molecular weight excluding hydrogens is 240 g/mol. The molecule has 0 aliphatic carbocycles. The third-order valence-electron chi connectivity index (χ3n) is 2.38. The fourth-order valence-electron chi connectivity index (χ4n) is 1.48. The van der Waals surface area contributed by atoms with Crippen LogP contribution in [0.5, 0.6) is 5.75 Å². The van der Waals surface area contributed by atoms with Crippen molar-refractivity contribution in [1.82, 2.24) is 0 Å². The Morgan fingerprint density at radius 3 is 2.71 bits per heavy atom. The predicted molar refractivity (Wildman–Crippen MR) is 66.2 cm³/mol. The molecule has 0 fully saturated rings. The molecule has 1 atom stereocenters. The van der Waals surface area contributed by atoms with Crippen LogP contribution < -0.4 is 0 Å². The normalized spacial score (nSPS) is 12.2. The van der Waals surface area contributed by atoms with Gasteiger partial charge in [0.25, 0.3) is 0 Å². The first-order valence-corrected chi connectivity index (χ1v) is 6.46. The van der Waals surface area contributed by atoms with E-state index in [1.807, 2.05) is 6.26 Å². The van der Waals surface area contributed by atoms with Crippen molar-refractivity contribution in [2.75, 3.05) is 12.9 Å². The summed E-state index contributed by atoms with van der Waals surface area (Å²) in [6, 6.07) is 3.50. The lowest BCUT2D eigenvalue weighted by Crippen LogP contribution is -2.16. The molecule has 1 aromatic carbocycles. The number of aromatic hydroxyl groups is 1. The van der Waals surface area contributed by atoms with E-state index in [0.29, 0.717) is 10.5 Å². The second kappa shape index (κ2) is 5.93. The van der Waals surface area contributed by atoms with E-state index in [2.05, 4.69) is 0 Å². The van der Waals surface area contributed by atoms with Gasteiger partial charge in [-0.15, -0.1) is 11.8 Å². The molecule has 0 aromatic heterocycles. The number of carbonyl (C=O) groups is 1. The summed E-state index contributed by atoms with van der Waals surface area (Å²) in [6.45, 7) is 3.56. The molecule has 17 heavy (non-hydrogen) atoms. The first-order chi connectivity index (χ1) is 8.02. The van der Waals surface area contributed by atoms with Crippen LogP contribution in [0.4, 0.5) is 0 Å². The van der Waals surface area contributed by atoms with Gasteiger partial charge < -0.3 is 14.9 Å². The number of phenols is 1. The standard InChI is InChI=1S/C12H16O4S/c1-4-16-12(15)11(14)9-8(17-3)6-5-7(2)10(9)13/h5-6,11,13-14H,4H2,1-3H3. The van der Waals surface area contributed by atoms with Crippen LogP contribution in [0.25, 0.3) is 0 Å². The van der Waals surface area contributed by atoms with Gasteiger partial charge in [-0.3, -0.25) is 0 Å². The second-order valence-corrected chi connectivity index (χ2v) is 4.35. The number of phenolic OH excluding ortho intramolecular Hbond substituents is 1. The zero-order valence-electron chi connectivity index (χ0n) is 10.1. The summed E-state index contributed by atoms with van der Waals surface area (Å²) in [7, 11) is 0. The van der Waals surface area contributed by atoms with Crippen LogP contribution in [0, 0.1) is 6.92 Å². The van der Waals surface area contributed by atoms with Crippen LogP contribution in [0.1, 0.15) is 24.2 Å². The molecule has 0 radical (unpaired) electrons. The minimum atomic E-state index is -1.45. The highest BCUT2D eigenvalue weighted by molar-refractivity contribution is 7.98. The zero-order valence-corrected chi connectivity index (χ0v) is 10.9. The first kappa shape index (κ1) is 13.9. The number of aliphatic hydroxyl groups excluding tert-OH is 1. The van der Waals surface area contributed by atoms with Crippen LogP contribution in [0.2, 0.25) is 0 Å². The summed E-state index contributed by atoms with van der Waals surface area (Å²) in [5, 5.41) is 19.8. The maximum atomic E-state index is 11.5. The molecule has 0 aliphatic rings. The van der Waals surface area contributed by atoms with Crippen LogP contribution in [-0.2, 0) is 9.53 Å². The number of aryl methyl sites for hydroxylation is 1. The van der Waals surface area contributed by atoms with E-state index in [1.165, 1.54) is 11.8 Å². The molecule has 1 aromatic rings. The van der Waals surface area contributed by atoms with Gasteiger partial charge in [0, 0.05) is 10.5 Å². The van der Waals surface area contributed by atoms with Gasteiger partial charge in [-0.05, 0) is 31.7 Å². The highest BCUT2D eigenvalue weighted by Crippen LogP contribution is 2.36. The highest BCUT2D eigenvalue weighted by atomic mass is 32.2. The van der Waals surface area contributed by atoms with Gasteiger partial charge in [0.1, 0.15) is 5.75 Å². The highest BCUT2D eigenvalue weighted by Gasteiger charge is 2.25. The number of carbonyl (C=O) groups excluding carboxylic acids is 1. The van der Waals surface area contributed by atoms with E-state index < -0.39 is 12.1 Å². The maximum Gasteiger partial charge on any atom is 0.339 e. The molecule has 0 amide bonds. The Hall–Kier alpha value is -1.20. The molecule has 0 bridgehead atoms. The van der Waals surface area contributed by atoms with Gasteiger partial charge in [-0.2, -0.15) is 0 Å². The van der Waals surface area contributed by atoms with E-state index in [4.69, 9.17) is 4.74 Å². The SMILES string of the molecule is CCOC(=O)C(O)c1c(SC)ccc(C)c1O. The molecule has 1 rings (SSSR count). The lowest BCUT2D eigenvalue weighted by atomic mass is 10.0. The number of thioether (sulfide) groups is 1. The quantitative estimate of drug-likeness (QED) is 0.637. The summed E-state index contributed by atoms with van der Waals surface area (Å²) >= 11 is 1.35. The van der Waals surface area contributed by atoms with Crippen LogP contribution in [-0.4, -0.2) is 29.0 Å². The average Bonchev–Trinajstić information content (AvgIpc) is 2.32. The van der Waals surface area contributed by atoms with E-state index >= 15 is 0 Å². The molecule has 0 aliphatic heterocycles. The van der Waals surface area contributed by atoms with Crippen molar-refractivity contribution in [3.05, 3.63) is 23.3 Å². The molecule has 1 unspecified atom stereocenters. The van der Waals surface area contributed by atoms with Gasteiger partial charge in [0.05, 0.1) is 6.61 Å². The summed E-state index contributed by atoms with van der Waals surface area (Å²) in [5.74, 6) is -0.805. The Kier molecular flexibility index (Phi) is 4.84. The largest absolute Gasteiger partial charge is 0.507 e. The van der Waals surface area contributed by atoms with E-state index in [0.717, 1.165) is 0 Å². The molecule has 5 heteroatoms. The summed E-state index contributed by atoms with van der Waals surface area (Å²) in [5.41, 5.74) is 0.831. The maximum absolute atomic E-state index is 11.5. The summed E-state index contributed by atoms with van der Waals surface area (Å²) in [4.78, 5) is 12.1. The fourth-order valence-corrected chi connectivity index (χ4v) is 2.11. The minimum absolute atomic E-state index is 0.0580. The number of esters is 1. The smallest absolute Gasteiger partial charge is 0.339 e. The lowest BCUT2D eigenvalue weighted by Gasteiger charge is -2.16. The van der Waals surface area contributed by atoms with Crippen molar-refractivity contribution in [2.45, 2.75) is 24.8 Å². The Labute approximate surface area is 105 Å². The van der Waals surface area contributed by atoms with E-state index in [9.17, 15) is 15.0 Å². The van der Waals surface area contributed by atoms with Crippen molar-refractivity contribution in [3.8, 4) is 5.75 Å². The van der Waals surface area contributed by atoms with Crippen molar-refractivity contribution >= 4 is 17.7 Å². The average molecular weight is 256 g/mol. The van der Waals surface area contributed by atoms with Gasteiger partial charge in [-0.1, -0.05) is 6.07 Å². The third kappa shape index (κ3) is 2.92. The van der Waals surface area contributed by atoms with Crippen molar-refractivity contribution in [3.63, 3.8) is 0 Å². The summed E-state index contributed by atoms with van der Waals surface area (Å²) < 4.78 is 4.74. The molecule has 94 valence electrons. The number of hydrogen-bond acceptors (Lipinski definition) is 5. The van der Waals surface area contributed by atoms with Crippen molar-refractivity contribution in [2.24, 2.45) is 0 Å². The van der Waals surface area contributed by atoms with E-state index in [1.54, 1.807) is 26.0 Å². The van der Waals surface area contributed by atoms with Gasteiger partial charge in [0.15, 0.2) is 6.10 Å². The fraction of sp³-hybridized carbons (Fsp3) is 0.417. The third-order valence-corrected chi connectivity index (χ3v) is 3.18. The zero-order chi connectivity index (χ0) is 13.0.